The van der Waals surface area contributed by atoms with Crippen LogP contribution in [0, 0.1) is 17.8 Å². The molecule has 2 aliphatic rings. The summed E-state index contributed by atoms with van der Waals surface area (Å²) in [5.41, 5.74) is 0. The van der Waals surface area contributed by atoms with Gasteiger partial charge in [0.1, 0.15) is 0 Å². The Labute approximate surface area is 74.2 Å². The Bertz CT molecular complexity index is 133. The second-order valence-corrected chi connectivity index (χ2v) is 4.35. The van der Waals surface area contributed by atoms with Crippen molar-refractivity contribution in [2.75, 3.05) is 13.2 Å². The quantitative estimate of drug-likeness (QED) is 0.562. The molecule has 2 rings (SSSR count). The molecule has 0 aromatic heterocycles. The molecule has 0 radical (unpaired) electrons. The van der Waals surface area contributed by atoms with E-state index in [4.69, 9.17) is 9.78 Å². The molecule has 12 heavy (non-hydrogen) atoms. The van der Waals surface area contributed by atoms with Crippen LogP contribution in [0.3, 0.4) is 0 Å². The SMILES string of the molecule is CC1CCC(C2COOC2)CC1. The average Bonchev–Trinajstić information content (AvgIpc) is 2.58. The van der Waals surface area contributed by atoms with Crippen LogP contribution in [0.2, 0.25) is 0 Å². The van der Waals surface area contributed by atoms with E-state index in [2.05, 4.69) is 6.92 Å². The van der Waals surface area contributed by atoms with E-state index in [0.29, 0.717) is 5.92 Å². The van der Waals surface area contributed by atoms with Gasteiger partial charge in [0.25, 0.3) is 0 Å². The number of rotatable bonds is 1. The minimum absolute atomic E-state index is 0.692. The van der Waals surface area contributed by atoms with Crippen LogP contribution in [0.4, 0.5) is 0 Å². The Hall–Kier alpha value is -0.0800. The topological polar surface area (TPSA) is 18.5 Å². The van der Waals surface area contributed by atoms with Crippen molar-refractivity contribution in [3.63, 3.8) is 0 Å². The molecule has 0 unspecified atom stereocenters. The molecule has 0 spiro atoms. The van der Waals surface area contributed by atoms with Crippen molar-refractivity contribution in [3.05, 3.63) is 0 Å². The maximum absolute atomic E-state index is 4.94. The molecule has 2 heteroatoms. The third-order valence-corrected chi connectivity index (χ3v) is 3.37. The van der Waals surface area contributed by atoms with Gasteiger partial charge in [-0.2, -0.15) is 0 Å². The minimum atomic E-state index is 0.692. The van der Waals surface area contributed by atoms with E-state index in [-0.39, 0.29) is 0 Å². The Kier molecular flexibility index (Phi) is 2.66. The maximum atomic E-state index is 4.94. The van der Waals surface area contributed by atoms with Crippen molar-refractivity contribution in [1.82, 2.24) is 0 Å². The lowest BCUT2D eigenvalue weighted by atomic mass is 9.77. The normalized spacial score (nSPS) is 38.8. The Morgan fingerprint density at radius 3 is 2.00 bits per heavy atom. The van der Waals surface area contributed by atoms with E-state index in [0.717, 1.165) is 25.0 Å². The van der Waals surface area contributed by atoms with Crippen molar-refractivity contribution in [1.29, 1.82) is 0 Å². The summed E-state index contributed by atoms with van der Waals surface area (Å²) >= 11 is 0. The number of hydrogen-bond acceptors (Lipinski definition) is 2. The largest absolute Gasteiger partial charge is 0.236 e. The van der Waals surface area contributed by atoms with Gasteiger partial charge in [-0.1, -0.05) is 19.8 Å². The summed E-state index contributed by atoms with van der Waals surface area (Å²) in [4.78, 5) is 9.87. The molecule has 1 heterocycles. The van der Waals surface area contributed by atoms with E-state index in [1.807, 2.05) is 0 Å². The molecule has 0 aromatic carbocycles. The van der Waals surface area contributed by atoms with Crippen LogP contribution < -0.4 is 0 Å². The predicted molar refractivity (Wildman–Crippen MR) is 46.5 cm³/mol. The molecule has 0 aromatic rings. The highest BCUT2D eigenvalue weighted by atomic mass is 17.2. The fourth-order valence-electron chi connectivity index (χ4n) is 2.35. The van der Waals surface area contributed by atoms with E-state index >= 15 is 0 Å². The lowest BCUT2D eigenvalue weighted by Gasteiger charge is -2.28. The minimum Gasteiger partial charge on any atom is -0.236 e. The molecule has 70 valence electrons. The zero-order valence-electron chi connectivity index (χ0n) is 7.79. The van der Waals surface area contributed by atoms with Gasteiger partial charge in [0.15, 0.2) is 0 Å². The van der Waals surface area contributed by atoms with E-state index < -0.39 is 0 Å². The molecule has 0 N–H and O–H groups in total. The Morgan fingerprint density at radius 1 is 0.833 bits per heavy atom. The van der Waals surface area contributed by atoms with Gasteiger partial charge in [0, 0.05) is 5.92 Å². The Morgan fingerprint density at radius 2 is 1.42 bits per heavy atom. The molecule has 0 atom stereocenters. The zero-order chi connectivity index (χ0) is 8.39. The molecule has 1 saturated carbocycles. The average molecular weight is 170 g/mol. The molecule has 0 amide bonds. The van der Waals surface area contributed by atoms with Crippen LogP contribution in [0.5, 0.6) is 0 Å². The summed E-state index contributed by atoms with van der Waals surface area (Å²) in [5.74, 6) is 2.52. The summed E-state index contributed by atoms with van der Waals surface area (Å²) in [5, 5.41) is 0. The molecular weight excluding hydrogens is 152 g/mol. The lowest BCUT2D eigenvalue weighted by Crippen LogP contribution is -2.22. The molecule has 2 nitrogen and oxygen atoms in total. The summed E-state index contributed by atoms with van der Waals surface area (Å²) in [6, 6.07) is 0. The molecule has 2 fully saturated rings. The van der Waals surface area contributed by atoms with Crippen molar-refractivity contribution in [2.24, 2.45) is 17.8 Å². The van der Waals surface area contributed by atoms with Gasteiger partial charge < -0.3 is 0 Å². The highest BCUT2D eigenvalue weighted by Crippen LogP contribution is 2.34. The van der Waals surface area contributed by atoms with Crippen molar-refractivity contribution in [2.45, 2.75) is 32.6 Å². The van der Waals surface area contributed by atoms with Gasteiger partial charge in [-0.05, 0) is 24.7 Å². The fraction of sp³-hybridized carbons (Fsp3) is 1.00. The van der Waals surface area contributed by atoms with E-state index in [1.54, 1.807) is 0 Å². The molecule has 0 bridgehead atoms. The first kappa shape index (κ1) is 8.52. The standard InChI is InChI=1S/C10H18O2/c1-8-2-4-9(5-3-8)10-6-11-12-7-10/h8-10H,2-7H2,1H3. The van der Waals surface area contributed by atoms with Crippen LogP contribution in [-0.4, -0.2) is 13.2 Å². The summed E-state index contributed by atoms with van der Waals surface area (Å²) in [6.07, 6.45) is 5.58. The molecule has 1 saturated heterocycles. The first-order chi connectivity index (χ1) is 5.86. The fourth-order valence-corrected chi connectivity index (χ4v) is 2.35. The van der Waals surface area contributed by atoms with Crippen LogP contribution >= 0.6 is 0 Å². The Balaban J connectivity index is 1.80. The van der Waals surface area contributed by atoms with Gasteiger partial charge in [0.2, 0.25) is 0 Å². The number of hydrogen-bond donors (Lipinski definition) is 0. The second-order valence-electron chi connectivity index (χ2n) is 4.35. The van der Waals surface area contributed by atoms with Gasteiger partial charge in [-0.15, -0.1) is 0 Å². The van der Waals surface area contributed by atoms with Crippen LogP contribution in [0.25, 0.3) is 0 Å². The van der Waals surface area contributed by atoms with Gasteiger partial charge in [0.05, 0.1) is 13.2 Å². The summed E-state index contributed by atoms with van der Waals surface area (Å²) in [7, 11) is 0. The summed E-state index contributed by atoms with van der Waals surface area (Å²) < 4.78 is 0. The van der Waals surface area contributed by atoms with Crippen molar-refractivity contribution >= 4 is 0 Å². The van der Waals surface area contributed by atoms with Gasteiger partial charge in [-0.25, -0.2) is 9.78 Å². The first-order valence-electron chi connectivity index (χ1n) is 5.10. The van der Waals surface area contributed by atoms with Gasteiger partial charge >= 0.3 is 0 Å². The first-order valence-corrected chi connectivity index (χ1v) is 5.10. The van der Waals surface area contributed by atoms with E-state index in [9.17, 15) is 0 Å². The molecular formula is C10H18O2. The third-order valence-electron chi connectivity index (χ3n) is 3.37. The lowest BCUT2D eigenvalue weighted by molar-refractivity contribution is -0.248. The van der Waals surface area contributed by atoms with Gasteiger partial charge in [-0.3, -0.25) is 0 Å². The van der Waals surface area contributed by atoms with E-state index in [1.165, 1.54) is 25.7 Å². The maximum Gasteiger partial charge on any atom is 0.0876 e. The van der Waals surface area contributed by atoms with Crippen LogP contribution in [0.1, 0.15) is 32.6 Å². The smallest absolute Gasteiger partial charge is 0.0876 e. The zero-order valence-corrected chi connectivity index (χ0v) is 7.79. The summed E-state index contributed by atoms with van der Waals surface area (Å²) in [6.45, 7) is 4.02. The highest BCUT2D eigenvalue weighted by molar-refractivity contribution is 4.76. The van der Waals surface area contributed by atoms with Crippen LogP contribution in [0.15, 0.2) is 0 Å². The highest BCUT2D eigenvalue weighted by Gasteiger charge is 2.29. The van der Waals surface area contributed by atoms with Crippen molar-refractivity contribution < 1.29 is 9.78 Å². The second kappa shape index (κ2) is 3.75. The molecule has 1 aliphatic carbocycles. The van der Waals surface area contributed by atoms with Crippen molar-refractivity contribution in [3.8, 4) is 0 Å². The van der Waals surface area contributed by atoms with Crippen LogP contribution in [-0.2, 0) is 9.78 Å². The monoisotopic (exact) mass is 170 g/mol. The predicted octanol–water partition coefficient (Wildman–Crippen LogP) is 2.39. The third kappa shape index (κ3) is 1.80. The molecule has 1 aliphatic heterocycles.